The van der Waals surface area contributed by atoms with E-state index in [2.05, 4.69) is 5.32 Å². The average Bonchev–Trinajstić information content (AvgIpc) is 3.22. The molecular weight excluding hydrogens is 374 g/mol. The van der Waals surface area contributed by atoms with E-state index in [1.807, 2.05) is 30.3 Å². The van der Waals surface area contributed by atoms with E-state index in [4.69, 9.17) is 13.9 Å². The lowest BCUT2D eigenvalue weighted by molar-refractivity contribution is -0.148. The second-order valence-electron chi connectivity index (χ2n) is 6.31. The number of ketones is 1. The molecule has 2 rings (SSSR count). The van der Waals surface area contributed by atoms with E-state index in [-0.39, 0.29) is 31.0 Å². The Labute approximate surface area is 169 Å². The second-order valence-corrected chi connectivity index (χ2v) is 6.31. The van der Waals surface area contributed by atoms with Gasteiger partial charge >= 0.3 is 11.9 Å². The zero-order chi connectivity index (χ0) is 21.2. The lowest BCUT2D eigenvalue weighted by atomic mass is 9.99. The Morgan fingerprint density at radius 3 is 2.38 bits per heavy atom. The molecule has 29 heavy (non-hydrogen) atoms. The molecule has 7 nitrogen and oxygen atoms in total. The molecule has 0 saturated heterocycles. The van der Waals surface area contributed by atoms with Crippen LogP contribution in [-0.4, -0.2) is 24.3 Å². The Balaban J connectivity index is 2.25. The third-order valence-electron chi connectivity index (χ3n) is 4.14. The number of furan rings is 1. The van der Waals surface area contributed by atoms with Gasteiger partial charge in [-0.2, -0.15) is 0 Å². The van der Waals surface area contributed by atoms with Crippen LogP contribution in [0.4, 0.5) is 0 Å². The summed E-state index contributed by atoms with van der Waals surface area (Å²) < 4.78 is 15.7. The predicted molar refractivity (Wildman–Crippen MR) is 105 cm³/mol. The molecule has 0 aliphatic heterocycles. The molecule has 1 aromatic heterocycles. The molecule has 1 atom stereocenters. The minimum Gasteiger partial charge on any atom is -0.467 e. The number of rotatable bonds is 10. The van der Waals surface area contributed by atoms with Crippen molar-refractivity contribution in [1.82, 2.24) is 5.32 Å². The van der Waals surface area contributed by atoms with Crippen LogP contribution in [0.3, 0.4) is 0 Å². The summed E-state index contributed by atoms with van der Waals surface area (Å²) in [6, 6.07) is 12.7. The number of hydrogen-bond donors (Lipinski definition) is 1. The first-order chi connectivity index (χ1) is 13.9. The molecule has 7 heteroatoms. The Hall–Kier alpha value is -3.35. The summed E-state index contributed by atoms with van der Waals surface area (Å²) in [4.78, 5) is 37.2. The Morgan fingerprint density at radius 2 is 1.79 bits per heavy atom. The van der Waals surface area contributed by atoms with Gasteiger partial charge in [0.25, 0.3) is 0 Å². The molecule has 0 fully saturated rings. The fourth-order valence-electron chi connectivity index (χ4n) is 2.67. The van der Waals surface area contributed by atoms with Gasteiger partial charge in [-0.25, -0.2) is 4.79 Å². The van der Waals surface area contributed by atoms with Crippen molar-refractivity contribution in [3.8, 4) is 0 Å². The summed E-state index contributed by atoms with van der Waals surface area (Å²) in [6.45, 7) is 4.85. The van der Waals surface area contributed by atoms with Crippen molar-refractivity contribution in [2.45, 2.75) is 33.9 Å². The van der Waals surface area contributed by atoms with E-state index in [1.165, 1.54) is 13.2 Å². The molecule has 2 aromatic rings. The van der Waals surface area contributed by atoms with Crippen molar-refractivity contribution >= 4 is 17.7 Å². The maximum absolute atomic E-state index is 12.6. The molecular formula is C22H25NO6. The van der Waals surface area contributed by atoms with Crippen molar-refractivity contribution in [2.24, 2.45) is 5.92 Å². The highest BCUT2D eigenvalue weighted by atomic mass is 16.5. The third kappa shape index (κ3) is 6.34. The molecule has 0 saturated carbocycles. The number of carbonyl (C=O) groups excluding carboxylic acids is 3. The molecule has 1 unspecified atom stereocenters. The summed E-state index contributed by atoms with van der Waals surface area (Å²) in [5.41, 5.74) is 0.771. The Bertz CT molecular complexity index is 855. The van der Waals surface area contributed by atoms with Gasteiger partial charge in [0.15, 0.2) is 5.78 Å². The van der Waals surface area contributed by atoms with Crippen LogP contribution in [0.1, 0.15) is 32.1 Å². The standard InChI is InChI=1S/C22H25NO6/c1-4-27-22(26)19(16(3)24)20(23-13-18-11-8-12-28-18)15(2)21(25)29-14-17-9-6-5-7-10-17/h5-12,15,23H,4,13-14H2,1-3H3/b20-19-. The number of esters is 2. The molecule has 0 aliphatic rings. The van der Waals surface area contributed by atoms with Gasteiger partial charge in [0.1, 0.15) is 17.9 Å². The van der Waals surface area contributed by atoms with E-state index in [1.54, 1.807) is 26.0 Å². The number of nitrogens with one attached hydrogen (secondary N) is 1. The van der Waals surface area contributed by atoms with Crippen molar-refractivity contribution < 1.29 is 28.3 Å². The monoisotopic (exact) mass is 399 g/mol. The Kier molecular flexibility index (Phi) is 8.21. The van der Waals surface area contributed by atoms with Gasteiger partial charge in [0.05, 0.1) is 25.3 Å². The van der Waals surface area contributed by atoms with Gasteiger partial charge in [-0.15, -0.1) is 0 Å². The fourth-order valence-corrected chi connectivity index (χ4v) is 2.67. The summed E-state index contributed by atoms with van der Waals surface area (Å²) in [5.74, 6) is -2.17. The van der Waals surface area contributed by atoms with E-state index in [0.717, 1.165) is 5.56 Å². The Morgan fingerprint density at radius 1 is 1.07 bits per heavy atom. The number of carbonyl (C=O) groups is 3. The lowest BCUT2D eigenvalue weighted by Gasteiger charge is -2.20. The maximum atomic E-state index is 12.6. The third-order valence-corrected chi connectivity index (χ3v) is 4.14. The average molecular weight is 399 g/mol. The molecule has 0 amide bonds. The predicted octanol–water partition coefficient (Wildman–Crippen LogP) is 3.15. The molecule has 1 N–H and O–H groups in total. The molecule has 0 radical (unpaired) electrons. The molecule has 0 spiro atoms. The summed E-state index contributed by atoms with van der Waals surface area (Å²) in [5, 5.41) is 2.99. The first-order valence-corrected chi connectivity index (χ1v) is 9.33. The zero-order valence-electron chi connectivity index (χ0n) is 16.8. The van der Waals surface area contributed by atoms with Crippen LogP contribution in [0.2, 0.25) is 0 Å². The van der Waals surface area contributed by atoms with E-state index in [9.17, 15) is 14.4 Å². The van der Waals surface area contributed by atoms with E-state index >= 15 is 0 Å². The van der Waals surface area contributed by atoms with E-state index < -0.39 is 23.6 Å². The molecule has 0 bridgehead atoms. The normalized spacial score (nSPS) is 12.5. The highest BCUT2D eigenvalue weighted by molar-refractivity contribution is 6.17. The highest BCUT2D eigenvalue weighted by Crippen LogP contribution is 2.19. The highest BCUT2D eigenvalue weighted by Gasteiger charge is 2.29. The fraction of sp³-hybridized carbons (Fsp3) is 0.318. The topological polar surface area (TPSA) is 94.8 Å². The smallest absolute Gasteiger partial charge is 0.343 e. The largest absolute Gasteiger partial charge is 0.467 e. The minimum absolute atomic E-state index is 0.0876. The molecule has 1 aromatic carbocycles. The number of ether oxygens (including phenoxy) is 2. The molecule has 154 valence electrons. The van der Waals surface area contributed by atoms with Gasteiger partial charge in [-0.1, -0.05) is 30.3 Å². The van der Waals surface area contributed by atoms with Crippen molar-refractivity contribution in [3.05, 3.63) is 71.3 Å². The summed E-state index contributed by atoms with van der Waals surface area (Å²) in [6.07, 6.45) is 1.51. The van der Waals surface area contributed by atoms with Gasteiger partial charge in [0, 0.05) is 5.70 Å². The second kappa shape index (κ2) is 10.8. The number of benzene rings is 1. The quantitative estimate of drug-likeness (QED) is 0.284. The first kappa shape index (κ1) is 21.9. The van der Waals surface area contributed by atoms with Crippen LogP contribution in [-0.2, 0) is 37.0 Å². The van der Waals surface area contributed by atoms with Crippen molar-refractivity contribution in [1.29, 1.82) is 0 Å². The molecule has 0 aliphatic carbocycles. The van der Waals surface area contributed by atoms with Crippen molar-refractivity contribution in [3.63, 3.8) is 0 Å². The SMILES string of the molecule is CCOC(=O)/C(C(C)=O)=C(\NCc1ccco1)C(C)C(=O)OCc1ccccc1. The van der Waals surface area contributed by atoms with Crippen LogP contribution >= 0.6 is 0 Å². The van der Waals surface area contributed by atoms with E-state index in [0.29, 0.717) is 5.76 Å². The minimum atomic E-state index is -0.892. The van der Waals surface area contributed by atoms with Crippen LogP contribution in [0.25, 0.3) is 0 Å². The number of hydrogen-bond acceptors (Lipinski definition) is 7. The van der Waals surface area contributed by atoms with Crippen molar-refractivity contribution in [2.75, 3.05) is 6.61 Å². The summed E-state index contributed by atoms with van der Waals surface area (Å²) in [7, 11) is 0. The van der Waals surface area contributed by atoms with Crippen LogP contribution < -0.4 is 5.32 Å². The summed E-state index contributed by atoms with van der Waals surface area (Å²) >= 11 is 0. The zero-order valence-corrected chi connectivity index (χ0v) is 16.8. The van der Waals surface area contributed by atoms with Crippen LogP contribution in [0, 0.1) is 5.92 Å². The van der Waals surface area contributed by atoms with Gasteiger partial charge in [0.2, 0.25) is 0 Å². The van der Waals surface area contributed by atoms with Crippen LogP contribution in [0.15, 0.2) is 64.4 Å². The van der Waals surface area contributed by atoms with Gasteiger partial charge in [-0.3, -0.25) is 9.59 Å². The maximum Gasteiger partial charge on any atom is 0.343 e. The lowest BCUT2D eigenvalue weighted by Crippen LogP contribution is -2.31. The number of Topliss-reactive ketones (excluding diaryl/α,β-unsaturated/α-hetero) is 1. The van der Waals surface area contributed by atoms with Gasteiger partial charge < -0.3 is 19.2 Å². The van der Waals surface area contributed by atoms with Crippen LogP contribution in [0.5, 0.6) is 0 Å². The first-order valence-electron chi connectivity index (χ1n) is 9.33. The molecule has 1 heterocycles. The van der Waals surface area contributed by atoms with Gasteiger partial charge in [-0.05, 0) is 38.5 Å².